The zero-order chi connectivity index (χ0) is 48.8. The van der Waals surface area contributed by atoms with Gasteiger partial charge in [0.05, 0.1) is 48.0 Å². The molecule has 3 aliphatic heterocycles. The molecule has 1 aromatic rings. The van der Waals surface area contributed by atoms with Gasteiger partial charge in [-0.05, 0) is 112 Å². The van der Waals surface area contributed by atoms with Gasteiger partial charge in [-0.1, -0.05) is 44.5 Å². The maximum Gasteiger partial charge on any atom is 0.311 e. The van der Waals surface area contributed by atoms with Gasteiger partial charge in [-0.25, -0.2) is 0 Å². The number of hydrogen-bond donors (Lipinski definition) is 6. The number of aliphatic hydroxyl groups is 5. The fourth-order valence-electron chi connectivity index (χ4n) is 10.3. The van der Waals surface area contributed by atoms with Crippen molar-refractivity contribution < 1.29 is 63.5 Å². The van der Waals surface area contributed by atoms with Crippen molar-refractivity contribution in [1.82, 2.24) is 15.1 Å². The third-order valence-electron chi connectivity index (χ3n) is 14.2. The van der Waals surface area contributed by atoms with Crippen LogP contribution in [0.2, 0.25) is 5.02 Å². The summed E-state index contributed by atoms with van der Waals surface area (Å²) in [4.78, 5) is 31.3. The Kier molecular flexibility index (Phi) is 20.1. The Morgan fingerprint density at radius 1 is 1.00 bits per heavy atom. The zero-order valence-corrected chi connectivity index (χ0v) is 41.9. The van der Waals surface area contributed by atoms with E-state index in [1.165, 1.54) is 14.0 Å². The summed E-state index contributed by atoms with van der Waals surface area (Å²) in [6.45, 7) is 18.6. The number of hydrogen-bond acceptors (Lipinski definition) is 15. The molecular formula is C48H82ClN3O13. The molecule has 3 aliphatic rings. The first kappa shape index (κ1) is 55.6. The number of aliphatic hydroxyl groups excluding tert-OH is 3. The molecule has 18 atom stereocenters. The molecule has 0 unspecified atom stereocenters. The lowest BCUT2D eigenvalue weighted by Crippen LogP contribution is -2.60. The van der Waals surface area contributed by atoms with Crippen molar-refractivity contribution in [3.8, 4) is 0 Å². The fraction of sp³-hybridized carbons (Fsp3) is 0.833. The summed E-state index contributed by atoms with van der Waals surface area (Å²) in [7, 11) is 5.25. The number of esters is 1. The lowest BCUT2D eigenvalue weighted by atomic mass is 9.77. The van der Waals surface area contributed by atoms with Crippen molar-refractivity contribution in [2.75, 3.05) is 40.8 Å². The largest absolute Gasteiger partial charge is 0.459 e. The van der Waals surface area contributed by atoms with Crippen LogP contribution in [-0.4, -0.2) is 178 Å². The van der Waals surface area contributed by atoms with Crippen molar-refractivity contribution >= 4 is 23.5 Å². The van der Waals surface area contributed by atoms with E-state index >= 15 is 0 Å². The van der Waals surface area contributed by atoms with Crippen LogP contribution in [0.4, 0.5) is 0 Å². The first-order valence-electron chi connectivity index (χ1n) is 23.5. The molecule has 0 aromatic heterocycles. The smallest absolute Gasteiger partial charge is 0.311 e. The van der Waals surface area contributed by atoms with Crippen molar-refractivity contribution in [2.24, 2.45) is 17.8 Å². The summed E-state index contributed by atoms with van der Waals surface area (Å²) >= 11 is 6.13. The van der Waals surface area contributed by atoms with Gasteiger partial charge >= 0.3 is 5.97 Å². The first-order valence-corrected chi connectivity index (χ1v) is 23.9. The van der Waals surface area contributed by atoms with E-state index in [4.69, 9.17) is 40.0 Å². The monoisotopic (exact) mass is 944 g/mol. The van der Waals surface area contributed by atoms with Crippen LogP contribution in [0.5, 0.6) is 0 Å². The van der Waals surface area contributed by atoms with Crippen molar-refractivity contribution in [3.05, 3.63) is 34.9 Å². The van der Waals surface area contributed by atoms with Crippen LogP contribution in [0.1, 0.15) is 107 Å². The fourth-order valence-corrected chi connectivity index (χ4v) is 10.5. The predicted octanol–water partition coefficient (Wildman–Crippen LogP) is 3.67. The molecule has 0 aliphatic carbocycles. The van der Waals surface area contributed by atoms with Crippen molar-refractivity contribution in [2.45, 2.75) is 198 Å². The molecule has 0 radical (unpaired) electrons. The SMILES string of the molecule is CC[C@H]1OC(=O)[C@H](C)[C@@H](O[C@H]2C[C@@](C)(OC)[C@@H](O)[C@H](C)O2)[C@H](C)[C@@H](O[C@@H]2O[C@H](C)C[C@H](N(C)C)[C@H]2O)[C@](C)(O)C[C@@H](C)CN(CCCNC(=O)Cc2cccc(Cl)c2)[C@H](C)[C@@H](O)[C@]1(C)O. The third-order valence-corrected chi connectivity index (χ3v) is 14.5. The van der Waals surface area contributed by atoms with Crippen LogP contribution >= 0.6 is 11.6 Å². The molecule has 0 saturated carbocycles. The molecular weight excluding hydrogens is 862 g/mol. The summed E-state index contributed by atoms with van der Waals surface area (Å²) in [5.74, 6) is -3.03. The minimum Gasteiger partial charge on any atom is -0.459 e. The number of ether oxygens (including phenoxy) is 6. The van der Waals surface area contributed by atoms with Gasteiger partial charge in [0.25, 0.3) is 0 Å². The molecule has 1 amide bonds. The summed E-state index contributed by atoms with van der Waals surface area (Å²) in [6.07, 6.45) is -8.34. The lowest BCUT2D eigenvalue weighted by Gasteiger charge is -2.48. The predicted molar refractivity (Wildman–Crippen MR) is 246 cm³/mol. The zero-order valence-electron chi connectivity index (χ0n) is 41.1. The molecule has 374 valence electrons. The van der Waals surface area contributed by atoms with Crippen LogP contribution in [0.25, 0.3) is 0 Å². The number of carbonyl (C=O) groups excluding carboxylic acids is 2. The summed E-state index contributed by atoms with van der Waals surface area (Å²) in [5.41, 5.74) is -3.84. The van der Waals surface area contributed by atoms with E-state index in [-0.39, 0.29) is 49.7 Å². The second-order valence-corrected chi connectivity index (χ2v) is 20.7. The van der Waals surface area contributed by atoms with Gasteiger partial charge in [0.1, 0.15) is 30.0 Å². The van der Waals surface area contributed by atoms with Crippen LogP contribution < -0.4 is 5.32 Å². The average molecular weight is 945 g/mol. The average Bonchev–Trinajstić information content (AvgIpc) is 3.23. The van der Waals surface area contributed by atoms with Crippen molar-refractivity contribution in [1.29, 1.82) is 0 Å². The maximum atomic E-state index is 14.5. The highest BCUT2D eigenvalue weighted by molar-refractivity contribution is 6.30. The van der Waals surface area contributed by atoms with Gasteiger partial charge in [-0.15, -0.1) is 0 Å². The molecule has 0 bridgehead atoms. The first-order chi connectivity index (χ1) is 30.3. The minimum absolute atomic E-state index is 0.100. The highest BCUT2D eigenvalue weighted by Crippen LogP contribution is 2.40. The number of nitrogens with zero attached hydrogens (tertiary/aromatic N) is 2. The third kappa shape index (κ3) is 14.0. The highest BCUT2D eigenvalue weighted by atomic mass is 35.5. The van der Waals surface area contributed by atoms with Crippen LogP contribution in [0.3, 0.4) is 0 Å². The molecule has 6 N–H and O–H groups in total. The van der Waals surface area contributed by atoms with Crippen LogP contribution in [0, 0.1) is 17.8 Å². The lowest BCUT2D eigenvalue weighted by molar-refractivity contribution is -0.318. The van der Waals surface area contributed by atoms with E-state index in [1.54, 1.807) is 66.7 Å². The van der Waals surface area contributed by atoms with Gasteiger partial charge in [-0.2, -0.15) is 0 Å². The molecule has 3 fully saturated rings. The summed E-state index contributed by atoms with van der Waals surface area (Å²) in [6, 6.07) is 6.14. The normalized spacial score (nSPS) is 41.9. The molecule has 16 nitrogen and oxygen atoms in total. The molecule has 0 spiro atoms. The highest BCUT2D eigenvalue weighted by Gasteiger charge is 2.53. The Morgan fingerprint density at radius 2 is 1.68 bits per heavy atom. The van der Waals surface area contributed by atoms with E-state index < -0.39 is 96.0 Å². The molecule has 4 rings (SSSR count). The number of benzene rings is 1. The Labute approximate surface area is 392 Å². The number of amides is 1. The second-order valence-electron chi connectivity index (χ2n) is 20.2. The molecule has 1 aromatic carbocycles. The van der Waals surface area contributed by atoms with E-state index in [2.05, 4.69) is 5.32 Å². The van der Waals surface area contributed by atoms with Gasteiger partial charge in [-0.3, -0.25) is 14.5 Å². The molecule has 65 heavy (non-hydrogen) atoms. The van der Waals surface area contributed by atoms with Gasteiger partial charge in [0.2, 0.25) is 5.91 Å². The van der Waals surface area contributed by atoms with E-state index in [9.17, 15) is 35.1 Å². The van der Waals surface area contributed by atoms with Crippen LogP contribution in [-0.2, 0) is 44.4 Å². The van der Waals surface area contributed by atoms with E-state index in [0.717, 1.165) is 5.56 Å². The van der Waals surface area contributed by atoms with E-state index in [1.807, 2.05) is 43.8 Å². The van der Waals surface area contributed by atoms with Gasteiger partial charge in [0.15, 0.2) is 12.6 Å². The Balaban J connectivity index is 1.74. The van der Waals surface area contributed by atoms with Gasteiger partial charge in [0, 0.05) is 56.2 Å². The second kappa shape index (κ2) is 23.5. The summed E-state index contributed by atoms with van der Waals surface area (Å²) in [5, 5.41) is 63.3. The topological polar surface area (TPSA) is 209 Å². The number of cyclic esters (lactones) is 1. The number of rotatable bonds is 13. The number of likely N-dealkylation sites (N-methyl/N-ethyl adjacent to an activating group) is 1. The van der Waals surface area contributed by atoms with E-state index in [0.29, 0.717) is 37.5 Å². The Hall–Kier alpha value is -2.03. The number of halogens is 1. The quantitative estimate of drug-likeness (QED) is 0.123. The van der Waals surface area contributed by atoms with Crippen LogP contribution in [0.15, 0.2) is 24.3 Å². The number of nitrogens with one attached hydrogen (secondary N) is 1. The molecule has 3 heterocycles. The van der Waals surface area contributed by atoms with Crippen molar-refractivity contribution in [3.63, 3.8) is 0 Å². The Morgan fingerprint density at radius 3 is 2.29 bits per heavy atom. The number of carbonyl (C=O) groups is 2. The standard InChI is InChI=1S/C48H82ClN3O13/c1-14-36-48(10,59)41(55)31(6)52(20-16-19-50-37(53)23-33-17-15-18-34(49)22-33)26-27(2)24-46(8,58)43(65-45-39(54)35(51(11)12)21-28(3)61-45)29(4)40(30(5)44(57)63-36)64-38-25-47(9,60-13)42(56)32(7)62-38/h15,17-18,22,27-32,35-36,38-43,45,54-56,58-59H,14,16,19-21,23-26H2,1-13H3,(H,50,53)/t27-,28-,29+,30-,31-,32+,35+,36-,38+,39-,40+,41-,42+,43-,45+,46-,47-,48-/m1/s1. The minimum atomic E-state index is -1.91. The summed E-state index contributed by atoms with van der Waals surface area (Å²) < 4.78 is 38.0. The number of methoxy groups -OCH3 is 1. The Bertz CT molecular complexity index is 1670. The maximum absolute atomic E-state index is 14.5. The van der Waals surface area contributed by atoms with Gasteiger partial charge < -0.3 is 64.2 Å². The molecule has 17 heteroatoms. The molecule has 3 saturated heterocycles.